The maximum Gasteiger partial charge on any atom is 0.424 e. The predicted molar refractivity (Wildman–Crippen MR) is 339 cm³/mol. The fourth-order valence-electron chi connectivity index (χ4n) is 8.90. The number of hydrogen-bond donors (Lipinski definition) is 1. The number of anilines is 3. The minimum Gasteiger partial charge on any atom is -0.465 e. The SMILES string of the molecule is CCCCCN(C(=O)OC(C)(C)C)c1nc(Cl)c2ncn(CC(=O)OCC)c2n1.CCOC(=O)Cn1cnc2c(Cl)nc(N(C(=O)OC(C)(C)C)C(=O)c3ccc(C4CCCCC4)cc3)nc21.CCOC(=O)Cn1cnc2c(Cl)nc(NC(=O)OC(C)(C)C)nc21. The first-order valence-corrected chi connectivity index (χ1v) is 30.9. The molecule has 0 saturated heterocycles. The molecule has 1 N–H and O–H groups in total. The van der Waals surface area contributed by atoms with Crippen molar-refractivity contribution in [3.05, 3.63) is 69.8 Å². The summed E-state index contributed by atoms with van der Waals surface area (Å²) in [6.07, 6.45) is 10.6. The van der Waals surface area contributed by atoms with Gasteiger partial charge in [-0.15, -0.1) is 0 Å². The molecule has 0 unspecified atom stereocenters. The molecule has 91 heavy (non-hydrogen) atoms. The summed E-state index contributed by atoms with van der Waals surface area (Å²) < 4.78 is 35.4. The number of carbonyl (C=O) groups excluding carboxylic acids is 7. The maximum absolute atomic E-state index is 13.7. The van der Waals surface area contributed by atoms with E-state index < -0.39 is 58.9 Å². The lowest BCUT2D eigenvalue weighted by atomic mass is 9.84. The zero-order valence-electron chi connectivity index (χ0n) is 53.4. The third kappa shape index (κ3) is 20.8. The number of ether oxygens (including phenoxy) is 6. The lowest BCUT2D eigenvalue weighted by molar-refractivity contribution is -0.144. The van der Waals surface area contributed by atoms with Crippen LogP contribution in [-0.4, -0.2) is 144 Å². The summed E-state index contributed by atoms with van der Waals surface area (Å²) in [5.74, 6) is -1.78. The Balaban J connectivity index is 0.000000224. The zero-order chi connectivity index (χ0) is 67.0. The molecule has 1 aliphatic rings. The molecule has 0 aliphatic heterocycles. The Labute approximate surface area is 541 Å². The van der Waals surface area contributed by atoms with Crippen molar-refractivity contribution in [1.82, 2.24) is 58.6 Å². The molecule has 6 aromatic heterocycles. The summed E-state index contributed by atoms with van der Waals surface area (Å²) in [6.45, 7) is 23.7. The minimum absolute atomic E-state index is 0.0487. The monoisotopic (exact) mass is 1320 g/mol. The number of carbonyl (C=O) groups is 7. The van der Waals surface area contributed by atoms with Crippen LogP contribution < -0.4 is 15.1 Å². The Morgan fingerprint density at radius 2 is 0.967 bits per heavy atom. The van der Waals surface area contributed by atoms with E-state index in [-0.39, 0.29) is 89.5 Å². The van der Waals surface area contributed by atoms with Crippen LogP contribution in [0.5, 0.6) is 0 Å². The van der Waals surface area contributed by atoms with Crippen molar-refractivity contribution < 1.29 is 62.0 Å². The highest BCUT2D eigenvalue weighted by Crippen LogP contribution is 2.34. The number of hydrogen-bond acceptors (Lipinski definition) is 22. The van der Waals surface area contributed by atoms with Gasteiger partial charge in [-0.3, -0.25) is 24.5 Å². The van der Waals surface area contributed by atoms with Gasteiger partial charge in [-0.25, -0.2) is 34.2 Å². The number of nitrogens with zero attached hydrogens (tertiary/aromatic N) is 14. The molecule has 0 atom stereocenters. The van der Waals surface area contributed by atoms with Crippen LogP contribution in [0.4, 0.5) is 32.2 Å². The summed E-state index contributed by atoms with van der Waals surface area (Å²) in [6, 6.07) is 7.27. The first-order chi connectivity index (χ1) is 42.9. The zero-order valence-corrected chi connectivity index (χ0v) is 55.7. The van der Waals surface area contributed by atoms with Crippen molar-refractivity contribution in [3.63, 3.8) is 0 Å². The van der Waals surface area contributed by atoms with Crippen LogP contribution in [0.1, 0.15) is 163 Å². The fraction of sp³-hybridized carbons (Fsp3) is 0.533. The highest BCUT2D eigenvalue weighted by atomic mass is 35.5. The number of imide groups is 1. The third-order valence-corrected chi connectivity index (χ3v) is 13.5. The van der Waals surface area contributed by atoms with Crippen molar-refractivity contribution >= 4 is 128 Å². The second kappa shape index (κ2) is 32.1. The first-order valence-electron chi connectivity index (χ1n) is 29.7. The van der Waals surface area contributed by atoms with Crippen LogP contribution in [0.15, 0.2) is 43.2 Å². The molecule has 0 bridgehead atoms. The van der Waals surface area contributed by atoms with Gasteiger partial charge in [0.1, 0.15) is 53.0 Å². The molecule has 1 fully saturated rings. The number of aromatic nitrogens is 12. The van der Waals surface area contributed by atoms with E-state index in [2.05, 4.69) is 57.1 Å². The van der Waals surface area contributed by atoms with Crippen molar-refractivity contribution in [1.29, 1.82) is 0 Å². The lowest BCUT2D eigenvalue weighted by Gasteiger charge is -2.26. The Kier molecular flexibility index (Phi) is 25.3. The van der Waals surface area contributed by atoms with Gasteiger partial charge in [0, 0.05) is 12.1 Å². The number of esters is 3. The van der Waals surface area contributed by atoms with E-state index in [1.807, 2.05) is 12.1 Å². The second-order valence-corrected chi connectivity index (χ2v) is 24.6. The summed E-state index contributed by atoms with van der Waals surface area (Å²) in [5.41, 5.74) is 0.919. The van der Waals surface area contributed by atoms with E-state index in [4.69, 9.17) is 63.2 Å². The summed E-state index contributed by atoms with van der Waals surface area (Å²) in [7, 11) is 0. The van der Waals surface area contributed by atoms with Gasteiger partial charge in [0.2, 0.25) is 17.8 Å². The van der Waals surface area contributed by atoms with Crippen LogP contribution >= 0.6 is 34.8 Å². The summed E-state index contributed by atoms with van der Waals surface area (Å²) >= 11 is 18.7. The number of nitrogens with one attached hydrogen (secondary N) is 1. The van der Waals surface area contributed by atoms with Crippen molar-refractivity contribution in [2.75, 3.05) is 41.5 Å². The third-order valence-electron chi connectivity index (χ3n) is 12.7. The highest BCUT2D eigenvalue weighted by Gasteiger charge is 2.34. The standard InChI is InChI=1S/C27H32ClN5O5.C19H28ClN5O4.C14H18ClN5O4/c1-5-37-20(34)15-32-16-29-21-22(28)30-25(31-23(21)32)33(26(36)38-27(2,3)4)24(35)19-13-11-18(12-14-19)17-9-7-6-8-10-17;1-6-8-9-10-25(18(27)29-19(3,4)5)17-22-15(20)14-16(23-17)24(12-21-14)11-13(26)28-7-2;1-5-23-8(21)6-20-7-16-9-10(15)17-12(18-11(9)20)19-13(22)24-14(2,3)4/h11-14,16-17H,5-10,15H2,1-4H3;12H,6-11H2,1-5H3;7H,5-6H2,1-4H3,(H,17,18,19,22). The quantitative estimate of drug-likeness (QED) is 0.0361. The van der Waals surface area contributed by atoms with E-state index in [0.717, 1.165) is 37.0 Å². The van der Waals surface area contributed by atoms with Gasteiger partial charge in [-0.05, 0) is 126 Å². The molecule has 0 radical (unpaired) electrons. The molecule has 28 nitrogen and oxygen atoms in total. The maximum atomic E-state index is 13.7. The van der Waals surface area contributed by atoms with E-state index in [1.165, 1.54) is 62.4 Å². The van der Waals surface area contributed by atoms with Crippen LogP contribution in [0.3, 0.4) is 0 Å². The van der Waals surface area contributed by atoms with Gasteiger partial charge in [0.05, 0.1) is 38.8 Å². The smallest absolute Gasteiger partial charge is 0.424 e. The van der Waals surface area contributed by atoms with Crippen LogP contribution in [-0.2, 0) is 62.4 Å². The fourth-order valence-corrected chi connectivity index (χ4v) is 9.53. The molecule has 31 heteroatoms. The van der Waals surface area contributed by atoms with Gasteiger partial charge >= 0.3 is 36.2 Å². The van der Waals surface area contributed by atoms with E-state index in [0.29, 0.717) is 34.8 Å². The van der Waals surface area contributed by atoms with E-state index in [1.54, 1.807) is 95.2 Å². The Morgan fingerprint density at radius 1 is 0.538 bits per heavy atom. The van der Waals surface area contributed by atoms with Crippen LogP contribution in [0.2, 0.25) is 15.5 Å². The van der Waals surface area contributed by atoms with Gasteiger partial charge in [-0.1, -0.05) is 86.0 Å². The second-order valence-electron chi connectivity index (χ2n) is 23.6. The highest BCUT2D eigenvalue weighted by molar-refractivity contribution is 6.34. The number of halogens is 3. The number of fused-ring (bicyclic) bond motifs is 3. The van der Waals surface area contributed by atoms with Gasteiger partial charge in [0.15, 0.2) is 32.4 Å². The van der Waals surface area contributed by atoms with Crippen LogP contribution in [0.25, 0.3) is 33.5 Å². The Hall–Kier alpha value is -8.37. The Bertz CT molecular complexity index is 3700. The number of rotatable bonds is 18. The molecular weight excluding hydrogens is 1250 g/mol. The average molecular weight is 1320 g/mol. The number of amides is 4. The molecule has 7 aromatic rings. The minimum atomic E-state index is -0.953. The molecular formula is C60H78Cl3N15O13. The van der Waals surface area contributed by atoms with Crippen LogP contribution in [0, 0.1) is 0 Å². The molecule has 492 valence electrons. The summed E-state index contributed by atoms with van der Waals surface area (Å²) in [4.78, 5) is 127. The van der Waals surface area contributed by atoms with Gasteiger partial charge in [0.25, 0.3) is 5.91 Å². The predicted octanol–water partition coefficient (Wildman–Crippen LogP) is 12.0. The molecule has 8 rings (SSSR count). The molecule has 4 amide bonds. The largest absolute Gasteiger partial charge is 0.465 e. The molecule has 0 spiro atoms. The van der Waals surface area contributed by atoms with Crippen molar-refractivity contribution in [2.24, 2.45) is 0 Å². The molecule has 1 saturated carbocycles. The number of imidazole rings is 3. The summed E-state index contributed by atoms with van der Waals surface area (Å²) in [5, 5.41) is 2.46. The molecule has 1 aliphatic carbocycles. The van der Waals surface area contributed by atoms with E-state index in [9.17, 15) is 33.6 Å². The number of unbranched alkanes of at least 4 members (excludes halogenated alkanes) is 2. The van der Waals surface area contributed by atoms with Gasteiger partial charge in [-0.2, -0.15) is 34.8 Å². The Morgan fingerprint density at radius 3 is 1.42 bits per heavy atom. The number of benzene rings is 1. The molecule has 6 heterocycles. The van der Waals surface area contributed by atoms with Gasteiger partial charge < -0.3 is 42.1 Å². The topological polar surface area (TPSA) is 324 Å². The first kappa shape index (κ1) is 71.7. The van der Waals surface area contributed by atoms with Crippen molar-refractivity contribution in [2.45, 2.75) is 184 Å². The van der Waals surface area contributed by atoms with Crippen molar-refractivity contribution in [3.8, 4) is 0 Å². The van der Waals surface area contributed by atoms with E-state index >= 15 is 0 Å². The normalized spacial score (nSPS) is 12.7. The average Bonchev–Trinajstić information content (AvgIpc) is 1.77. The lowest BCUT2D eigenvalue weighted by Crippen LogP contribution is -2.42. The molecule has 1 aromatic carbocycles.